The smallest absolute Gasteiger partial charge is 0.302 e. The first-order valence-electron chi connectivity index (χ1n) is 5.93. The summed E-state index contributed by atoms with van der Waals surface area (Å²) < 4.78 is 4.84. The number of hydrogen-bond donors (Lipinski definition) is 1. The normalized spacial score (nSPS) is 14.1. The molecular weight excluding hydrogens is 216 g/mol. The van der Waals surface area contributed by atoms with Crippen molar-refractivity contribution in [2.45, 2.75) is 38.7 Å². The molecule has 1 atom stereocenters. The summed E-state index contributed by atoms with van der Waals surface area (Å²) in [5.41, 5.74) is 0.116. The van der Waals surface area contributed by atoms with Crippen molar-refractivity contribution in [3.63, 3.8) is 0 Å². The molecule has 1 aromatic carbocycles. The lowest BCUT2D eigenvalue weighted by atomic mass is 9.91. The van der Waals surface area contributed by atoms with E-state index in [2.05, 4.69) is 0 Å². The third kappa shape index (κ3) is 5.00. The van der Waals surface area contributed by atoms with Crippen molar-refractivity contribution in [1.82, 2.24) is 0 Å². The zero-order chi connectivity index (χ0) is 12.7. The maximum Gasteiger partial charge on any atom is 0.302 e. The van der Waals surface area contributed by atoms with Gasteiger partial charge in [0, 0.05) is 6.92 Å². The highest BCUT2D eigenvalue weighted by atomic mass is 16.5. The third-order valence-electron chi connectivity index (χ3n) is 2.76. The Morgan fingerprint density at radius 3 is 2.53 bits per heavy atom. The van der Waals surface area contributed by atoms with Gasteiger partial charge in [-0.1, -0.05) is 30.3 Å². The Labute approximate surface area is 102 Å². The van der Waals surface area contributed by atoms with Crippen molar-refractivity contribution in [1.29, 1.82) is 0 Å². The van der Waals surface area contributed by atoms with Crippen LogP contribution in [0, 0.1) is 0 Å². The van der Waals surface area contributed by atoms with Crippen LogP contribution in [-0.4, -0.2) is 17.7 Å². The first kappa shape index (κ1) is 13.7. The molecule has 0 bridgehead atoms. The number of rotatable bonds is 6. The molecule has 17 heavy (non-hydrogen) atoms. The van der Waals surface area contributed by atoms with Crippen LogP contribution in [0.1, 0.15) is 38.7 Å². The minimum absolute atomic E-state index is 0.250. The molecule has 0 aliphatic heterocycles. The molecular formula is C14H20O3. The molecule has 0 saturated carbocycles. The fourth-order valence-electron chi connectivity index (χ4n) is 1.73. The second-order valence-electron chi connectivity index (χ2n) is 4.44. The molecule has 1 rings (SSSR count). The average Bonchev–Trinajstić information content (AvgIpc) is 2.29. The number of esters is 1. The number of carbonyl (C=O) groups excluding carboxylic acids is 1. The fraction of sp³-hybridized carbons (Fsp3) is 0.500. The summed E-state index contributed by atoms with van der Waals surface area (Å²) in [7, 11) is 0. The Morgan fingerprint density at radius 2 is 1.94 bits per heavy atom. The van der Waals surface area contributed by atoms with Crippen molar-refractivity contribution in [3.8, 4) is 0 Å². The number of carbonyl (C=O) groups is 1. The van der Waals surface area contributed by atoms with Gasteiger partial charge in [-0.15, -0.1) is 0 Å². The molecule has 0 fully saturated rings. The zero-order valence-corrected chi connectivity index (χ0v) is 10.5. The Bertz CT molecular complexity index is 344. The standard InChI is InChI=1S/C14H20O3/c1-12(15)17-11-7-6-10-14(2,16)13-8-4-3-5-9-13/h3-5,8-9,16H,6-7,10-11H2,1-2H3. The number of ether oxygens (including phenoxy) is 1. The highest BCUT2D eigenvalue weighted by Crippen LogP contribution is 2.26. The molecule has 0 heterocycles. The number of unbranched alkanes of at least 4 members (excludes halogenated alkanes) is 1. The monoisotopic (exact) mass is 236 g/mol. The SMILES string of the molecule is CC(=O)OCCCCC(C)(O)c1ccccc1. The zero-order valence-electron chi connectivity index (χ0n) is 10.5. The van der Waals surface area contributed by atoms with Crippen LogP contribution in [-0.2, 0) is 15.1 Å². The van der Waals surface area contributed by atoms with E-state index in [0.717, 1.165) is 18.4 Å². The lowest BCUT2D eigenvalue weighted by Crippen LogP contribution is -2.21. The van der Waals surface area contributed by atoms with Crippen LogP contribution in [0.15, 0.2) is 30.3 Å². The van der Waals surface area contributed by atoms with Gasteiger partial charge in [-0.25, -0.2) is 0 Å². The molecule has 0 radical (unpaired) electrons. The third-order valence-corrected chi connectivity index (χ3v) is 2.76. The molecule has 0 aliphatic carbocycles. The molecule has 94 valence electrons. The molecule has 0 amide bonds. The van der Waals surface area contributed by atoms with Gasteiger partial charge in [-0.3, -0.25) is 4.79 Å². The Hall–Kier alpha value is -1.35. The predicted octanol–water partition coefficient (Wildman–Crippen LogP) is 2.63. The quantitative estimate of drug-likeness (QED) is 0.610. The van der Waals surface area contributed by atoms with Crippen molar-refractivity contribution < 1.29 is 14.6 Å². The van der Waals surface area contributed by atoms with Crippen molar-refractivity contribution in [2.75, 3.05) is 6.61 Å². The van der Waals surface area contributed by atoms with Gasteiger partial charge in [-0.2, -0.15) is 0 Å². The molecule has 3 nitrogen and oxygen atoms in total. The number of benzene rings is 1. The van der Waals surface area contributed by atoms with Crippen molar-refractivity contribution in [2.24, 2.45) is 0 Å². The minimum Gasteiger partial charge on any atom is -0.466 e. The molecule has 1 aromatic rings. The summed E-state index contributed by atoms with van der Waals surface area (Å²) in [5, 5.41) is 10.3. The lowest BCUT2D eigenvalue weighted by Gasteiger charge is -2.23. The van der Waals surface area contributed by atoms with Crippen LogP contribution < -0.4 is 0 Å². The maximum atomic E-state index is 10.6. The highest BCUT2D eigenvalue weighted by molar-refractivity contribution is 5.65. The summed E-state index contributed by atoms with van der Waals surface area (Å²) in [4.78, 5) is 10.6. The highest BCUT2D eigenvalue weighted by Gasteiger charge is 2.21. The average molecular weight is 236 g/mol. The van der Waals surface area contributed by atoms with Gasteiger partial charge in [0.15, 0.2) is 0 Å². The van der Waals surface area contributed by atoms with Crippen LogP contribution in [0.4, 0.5) is 0 Å². The van der Waals surface area contributed by atoms with Gasteiger partial charge in [0.1, 0.15) is 0 Å². The summed E-state index contributed by atoms with van der Waals surface area (Å²) in [6.45, 7) is 3.65. The van der Waals surface area contributed by atoms with Crippen LogP contribution in [0.2, 0.25) is 0 Å². The van der Waals surface area contributed by atoms with Gasteiger partial charge < -0.3 is 9.84 Å². The second-order valence-corrected chi connectivity index (χ2v) is 4.44. The predicted molar refractivity (Wildman–Crippen MR) is 66.5 cm³/mol. The van der Waals surface area contributed by atoms with E-state index >= 15 is 0 Å². The number of aliphatic hydroxyl groups is 1. The Balaban J connectivity index is 2.33. The van der Waals surface area contributed by atoms with E-state index in [1.165, 1.54) is 6.92 Å². The summed E-state index contributed by atoms with van der Waals surface area (Å²) in [6, 6.07) is 9.61. The van der Waals surface area contributed by atoms with E-state index in [4.69, 9.17) is 4.74 Å². The van der Waals surface area contributed by atoms with Gasteiger partial charge in [-0.05, 0) is 31.7 Å². The first-order chi connectivity index (χ1) is 8.02. The lowest BCUT2D eigenvalue weighted by molar-refractivity contribution is -0.141. The van der Waals surface area contributed by atoms with E-state index in [1.807, 2.05) is 37.3 Å². The first-order valence-corrected chi connectivity index (χ1v) is 5.93. The molecule has 0 aliphatic rings. The van der Waals surface area contributed by atoms with Crippen LogP contribution >= 0.6 is 0 Å². The van der Waals surface area contributed by atoms with Crippen LogP contribution in [0.3, 0.4) is 0 Å². The summed E-state index contributed by atoms with van der Waals surface area (Å²) in [6.07, 6.45) is 2.27. The molecule has 1 unspecified atom stereocenters. The van der Waals surface area contributed by atoms with E-state index in [-0.39, 0.29) is 5.97 Å². The summed E-state index contributed by atoms with van der Waals surface area (Å²) >= 11 is 0. The second kappa shape index (κ2) is 6.40. The molecule has 1 N–H and O–H groups in total. The van der Waals surface area contributed by atoms with Gasteiger partial charge in [0.2, 0.25) is 0 Å². The largest absolute Gasteiger partial charge is 0.466 e. The van der Waals surface area contributed by atoms with E-state index < -0.39 is 5.60 Å². The number of hydrogen-bond acceptors (Lipinski definition) is 3. The minimum atomic E-state index is -0.808. The molecule has 3 heteroatoms. The Kier molecular flexibility index (Phi) is 5.16. The topological polar surface area (TPSA) is 46.5 Å². The van der Waals surface area contributed by atoms with Gasteiger partial charge >= 0.3 is 5.97 Å². The van der Waals surface area contributed by atoms with Gasteiger partial charge in [0.25, 0.3) is 0 Å². The van der Waals surface area contributed by atoms with Crippen LogP contribution in [0.25, 0.3) is 0 Å². The summed E-state index contributed by atoms with van der Waals surface area (Å²) in [5.74, 6) is -0.250. The van der Waals surface area contributed by atoms with E-state index in [1.54, 1.807) is 0 Å². The molecule has 0 aromatic heterocycles. The van der Waals surface area contributed by atoms with E-state index in [9.17, 15) is 9.90 Å². The van der Waals surface area contributed by atoms with Crippen LogP contribution in [0.5, 0.6) is 0 Å². The van der Waals surface area contributed by atoms with E-state index in [0.29, 0.717) is 13.0 Å². The van der Waals surface area contributed by atoms with Crippen molar-refractivity contribution in [3.05, 3.63) is 35.9 Å². The maximum absolute atomic E-state index is 10.6. The van der Waals surface area contributed by atoms with Crippen molar-refractivity contribution >= 4 is 5.97 Å². The van der Waals surface area contributed by atoms with Gasteiger partial charge in [0.05, 0.1) is 12.2 Å². The molecule has 0 saturated heterocycles. The fourth-order valence-corrected chi connectivity index (χ4v) is 1.73. The molecule has 0 spiro atoms. The Morgan fingerprint density at radius 1 is 1.29 bits per heavy atom.